The maximum absolute atomic E-state index is 12.6. The molecule has 0 spiro atoms. The Kier molecular flexibility index (Phi) is 6.54. The molecule has 3 rings (SSSR count). The van der Waals surface area contributed by atoms with Gasteiger partial charge in [-0.2, -0.15) is 0 Å². The first-order chi connectivity index (χ1) is 11.1. The van der Waals surface area contributed by atoms with E-state index in [-0.39, 0.29) is 23.7 Å². The smallest absolute Gasteiger partial charge is 0.240 e. The van der Waals surface area contributed by atoms with Gasteiger partial charge < -0.3 is 15.8 Å². The number of benzene rings is 1. The van der Waals surface area contributed by atoms with Crippen LogP contribution in [0.5, 0.6) is 0 Å². The number of carbonyl (C=O) groups is 1. The van der Waals surface area contributed by atoms with E-state index in [2.05, 4.69) is 11.4 Å². The quantitative estimate of drug-likeness (QED) is 0.852. The van der Waals surface area contributed by atoms with Crippen molar-refractivity contribution in [3.63, 3.8) is 0 Å². The Balaban J connectivity index is 0.00000208. The van der Waals surface area contributed by atoms with Gasteiger partial charge in [-0.3, -0.25) is 4.79 Å². The van der Waals surface area contributed by atoms with Crippen LogP contribution in [0.2, 0.25) is 5.02 Å². The number of hydrogen-bond acceptors (Lipinski definition) is 3. The van der Waals surface area contributed by atoms with Crippen molar-refractivity contribution < 1.29 is 9.53 Å². The van der Waals surface area contributed by atoms with Crippen molar-refractivity contribution in [2.75, 3.05) is 19.8 Å². The van der Waals surface area contributed by atoms with Gasteiger partial charge in [-0.1, -0.05) is 42.6 Å². The number of rotatable bonds is 4. The van der Waals surface area contributed by atoms with E-state index in [1.165, 1.54) is 0 Å². The number of hydrogen-bond donors (Lipinski definition) is 2. The second kappa shape index (κ2) is 8.05. The number of nitrogens with one attached hydrogen (secondary N) is 1. The first-order valence-corrected chi connectivity index (χ1v) is 8.84. The Hall–Kier alpha value is -0.810. The Bertz CT molecular complexity index is 568. The van der Waals surface area contributed by atoms with Gasteiger partial charge >= 0.3 is 0 Å². The highest BCUT2D eigenvalue weighted by molar-refractivity contribution is 6.31. The maximum atomic E-state index is 12.6. The standard InChI is InChI=1S/C18H25ClN2O2.ClH/c19-15-6-2-1-5-14(15)17(9-11-23-12-10-17)13-21-16(22)18(20)7-3-4-8-18;/h1-2,5-6H,3-4,7-13,20H2,(H,21,22);1H. The molecule has 1 amide bonds. The molecule has 1 saturated heterocycles. The van der Waals surface area contributed by atoms with Crippen LogP contribution in [0.15, 0.2) is 24.3 Å². The van der Waals surface area contributed by atoms with Crippen molar-refractivity contribution in [2.24, 2.45) is 5.73 Å². The zero-order valence-corrected chi connectivity index (χ0v) is 15.4. The minimum absolute atomic E-state index is 0. The molecule has 1 saturated carbocycles. The molecule has 134 valence electrons. The summed E-state index contributed by atoms with van der Waals surface area (Å²) in [7, 11) is 0. The fourth-order valence-corrected chi connectivity index (χ4v) is 4.19. The monoisotopic (exact) mass is 372 g/mol. The molecule has 6 heteroatoms. The lowest BCUT2D eigenvalue weighted by atomic mass is 9.74. The summed E-state index contributed by atoms with van der Waals surface area (Å²) >= 11 is 6.44. The third-order valence-corrected chi connectivity index (χ3v) is 5.76. The third kappa shape index (κ3) is 3.88. The number of ether oxygens (including phenoxy) is 1. The van der Waals surface area contributed by atoms with Crippen molar-refractivity contribution in [1.29, 1.82) is 0 Å². The summed E-state index contributed by atoms with van der Waals surface area (Å²) in [5.74, 6) is -0.0204. The van der Waals surface area contributed by atoms with Crippen LogP contribution in [0, 0.1) is 0 Å². The Morgan fingerprint density at radius 2 is 1.79 bits per heavy atom. The summed E-state index contributed by atoms with van der Waals surface area (Å²) < 4.78 is 5.53. The largest absolute Gasteiger partial charge is 0.381 e. The molecule has 1 aliphatic carbocycles. The molecule has 2 fully saturated rings. The zero-order valence-electron chi connectivity index (χ0n) is 13.9. The van der Waals surface area contributed by atoms with E-state index in [0.29, 0.717) is 19.8 Å². The topological polar surface area (TPSA) is 64.4 Å². The predicted octanol–water partition coefficient (Wildman–Crippen LogP) is 3.20. The second-order valence-corrected chi connectivity index (χ2v) is 7.33. The Morgan fingerprint density at radius 3 is 2.42 bits per heavy atom. The van der Waals surface area contributed by atoms with E-state index < -0.39 is 5.54 Å². The van der Waals surface area contributed by atoms with E-state index in [9.17, 15) is 4.79 Å². The fraction of sp³-hybridized carbons (Fsp3) is 0.611. The number of halogens is 2. The fourth-order valence-electron chi connectivity index (χ4n) is 3.85. The van der Waals surface area contributed by atoms with E-state index in [1.807, 2.05) is 18.2 Å². The van der Waals surface area contributed by atoms with Gasteiger partial charge in [0.25, 0.3) is 0 Å². The highest BCUT2D eigenvalue weighted by atomic mass is 35.5. The van der Waals surface area contributed by atoms with Crippen molar-refractivity contribution >= 4 is 29.9 Å². The van der Waals surface area contributed by atoms with Gasteiger partial charge in [-0.25, -0.2) is 0 Å². The van der Waals surface area contributed by atoms with E-state index in [4.69, 9.17) is 22.1 Å². The summed E-state index contributed by atoms with van der Waals surface area (Å²) in [5.41, 5.74) is 6.51. The van der Waals surface area contributed by atoms with E-state index in [1.54, 1.807) is 0 Å². The molecule has 1 aromatic carbocycles. The summed E-state index contributed by atoms with van der Waals surface area (Å²) in [6, 6.07) is 7.91. The second-order valence-electron chi connectivity index (χ2n) is 6.92. The van der Waals surface area contributed by atoms with Crippen LogP contribution in [0.1, 0.15) is 44.1 Å². The van der Waals surface area contributed by atoms with Gasteiger partial charge in [0.2, 0.25) is 5.91 Å². The van der Waals surface area contributed by atoms with Crippen LogP contribution < -0.4 is 11.1 Å². The summed E-state index contributed by atoms with van der Waals surface area (Å²) in [4.78, 5) is 12.6. The van der Waals surface area contributed by atoms with Crippen molar-refractivity contribution in [3.8, 4) is 0 Å². The van der Waals surface area contributed by atoms with Gasteiger partial charge in [0.05, 0.1) is 5.54 Å². The molecule has 0 radical (unpaired) electrons. The highest BCUT2D eigenvalue weighted by Crippen LogP contribution is 2.38. The zero-order chi connectivity index (χ0) is 16.3. The lowest BCUT2D eigenvalue weighted by Gasteiger charge is -2.39. The Morgan fingerprint density at radius 1 is 1.17 bits per heavy atom. The molecule has 1 heterocycles. The molecule has 3 N–H and O–H groups in total. The SMILES string of the molecule is Cl.NC1(C(=O)NCC2(c3ccccc3Cl)CCOCC2)CCCC1. The van der Waals surface area contributed by atoms with Gasteiger partial charge in [0, 0.05) is 30.2 Å². The molecule has 24 heavy (non-hydrogen) atoms. The van der Waals surface area contributed by atoms with Crippen LogP contribution in [0.25, 0.3) is 0 Å². The molecule has 2 aliphatic rings. The first kappa shape index (κ1) is 19.5. The lowest BCUT2D eigenvalue weighted by molar-refractivity contribution is -0.126. The molecule has 0 bridgehead atoms. The molecule has 0 atom stereocenters. The molecule has 0 aromatic heterocycles. The first-order valence-electron chi connectivity index (χ1n) is 8.46. The molecular formula is C18H26Cl2N2O2. The van der Waals surface area contributed by atoms with Gasteiger partial charge in [-0.05, 0) is 37.3 Å². The predicted molar refractivity (Wildman–Crippen MR) is 98.8 cm³/mol. The molecule has 1 aliphatic heterocycles. The normalized spacial score (nSPS) is 21.8. The average Bonchev–Trinajstić information content (AvgIpc) is 3.02. The molecule has 0 unspecified atom stereocenters. The van der Waals surface area contributed by atoms with E-state index >= 15 is 0 Å². The van der Waals surface area contributed by atoms with Crippen LogP contribution in [0.4, 0.5) is 0 Å². The van der Waals surface area contributed by atoms with Crippen molar-refractivity contribution in [2.45, 2.75) is 49.5 Å². The van der Waals surface area contributed by atoms with Crippen LogP contribution in [-0.4, -0.2) is 31.2 Å². The van der Waals surface area contributed by atoms with Crippen LogP contribution in [0.3, 0.4) is 0 Å². The van der Waals surface area contributed by atoms with Gasteiger partial charge in [0.1, 0.15) is 0 Å². The van der Waals surface area contributed by atoms with Crippen molar-refractivity contribution in [1.82, 2.24) is 5.32 Å². The van der Waals surface area contributed by atoms with Crippen molar-refractivity contribution in [3.05, 3.63) is 34.9 Å². The maximum Gasteiger partial charge on any atom is 0.240 e. The summed E-state index contributed by atoms with van der Waals surface area (Å²) in [6.07, 6.45) is 5.34. The third-order valence-electron chi connectivity index (χ3n) is 5.43. The number of carbonyl (C=O) groups excluding carboxylic acids is 1. The minimum Gasteiger partial charge on any atom is -0.381 e. The molecule has 4 nitrogen and oxygen atoms in total. The van der Waals surface area contributed by atoms with Crippen LogP contribution in [-0.2, 0) is 14.9 Å². The number of nitrogens with two attached hydrogens (primary N) is 1. The highest BCUT2D eigenvalue weighted by Gasteiger charge is 2.40. The molecule has 1 aromatic rings. The summed E-state index contributed by atoms with van der Waals surface area (Å²) in [5, 5.41) is 3.88. The lowest BCUT2D eigenvalue weighted by Crippen LogP contribution is -2.55. The summed E-state index contributed by atoms with van der Waals surface area (Å²) in [6.45, 7) is 1.95. The van der Waals surface area contributed by atoms with Gasteiger partial charge in [0.15, 0.2) is 0 Å². The van der Waals surface area contributed by atoms with Crippen LogP contribution >= 0.6 is 24.0 Å². The average molecular weight is 373 g/mol. The van der Waals surface area contributed by atoms with E-state index in [0.717, 1.165) is 49.1 Å². The minimum atomic E-state index is -0.688. The number of amides is 1. The molecular weight excluding hydrogens is 347 g/mol. The Labute approximate surface area is 154 Å². The van der Waals surface area contributed by atoms with Gasteiger partial charge in [-0.15, -0.1) is 12.4 Å².